The Balaban J connectivity index is 1.56. The summed E-state index contributed by atoms with van der Waals surface area (Å²) in [6.45, 7) is 1.53. The highest BCUT2D eigenvalue weighted by atomic mass is 32.2. The van der Waals surface area contributed by atoms with Gasteiger partial charge < -0.3 is 9.64 Å². The van der Waals surface area contributed by atoms with Crippen LogP contribution in [0.4, 0.5) is 0 Å². The number of nitrogens with zero attached hydrogens (tertiary/aromatic N) is 3. The van der Waals surface area contributed by atoms with Crippen molar-refractivity contribution < 1.29 is 17.9 Å². The van der Waals surface area contributed by atoms with Crippen molar-refractivity contribution in [2.24, 2.45) is 0 Å². The van der Waals surface area contributed by atoms with Gasteiger partial charge in [0.1, 0.15) is 5.75 Å². The van der Waals surface area contributed by atoms with E-state index in [9.17, 15) is 13.2 Å². The maximum Gasteiger partial charge on any atom is 0.282 e. The van der Waals surface area contributed by atoms with E-state index in [1.807, 2.05) is 24.3 Å². The minimum atomic E-state index is -3.47. The van der Waals surface area contributed by atoms with E-state index < -0.39 is 10.2 Å². The van der Waals surface area contributed by atoms with Gasteiger partial charge in [0.05, 0.1) is 13.5 Å². The zero-order chi connectivity index (χ0) is 20.1. The van der Waals surface area contributed by atoms with E-state index in [0.717, 1.165) is 31.2 Å². The fourth-order valence-electron chi connectivity index (χ4n) is 4.11. The van der Waals surface area contributed by atoms with Gasteiger partial charge in [0, 0.05) is 44.8 Å². The molecular formula is C20H31N3O4S. The molecule has 0 bridgehead atoms. The lowest BCUT2D eigenvalue weighted by Crippen LogP contribution is -2.55. The molecule has 156 valence electrons. The van der Waals surface area contributed by atoms with Crippen molar-refractivity contribution in [3.05, 3.63) is 29.8 Å². The molecule has 1 saturated carbocycles. The Labute approximate surface area is 168 Å². The Hall–Kier alpha value is -1.64. The monoisotopic (exact) mass is 409 g/mol. The summed E-state index contributed by atoms with van der Waals surface area (Å²) in [4.78, 5) is 14.4. The van der Waals surface area contributed by atoms with Gasteiger partial charge in [-0.2, -0.15) is 17.0 Å². The van der Waals surface area contributed by atoms with Crippen LogP contribution in [0.15, 0.2) is 24.3 Å². The predicted octanol–water partition coefficient (Wildman–Crippen LogP) is 1.89. The number of para-hydroxylation sites is 1. The molecule has 0 N–H and O–H groups in total. The fourth-order valence-corrected chi connectivity index (χ4v) is 5.68. The number of methoxy groups -OCH3 is 1. The van der Waals surface area contributed by atoms with Crippen molar-refractivity contribution in [3.8, 4) is 5.75 Å². The number of benzene rings is 1. The number of ether oxygens (including phenoxy) is 1. The van der Waals surface area contributed by atoms with Crippen LogP contribution in [0.5, 0.6) is 5.75 Å². The van der Waals surface area contributed by atoms with Gasteiger partial charge in [-0.1, -0.05) is 37.5 Å². The van der Waals surface area contributed by atoms with Gasteiger partial charge >= 0.3 is 0 Å². The average molecular weight is 410 g/mol. The van der Waals surface area contributed by atoms with E-state index in [-0.39, 0.29) is 18.4 Å². The first-order chi connectivity index (χ1) is 13.4. The molecule has 0 spiro atoms. The third-order valence-corrected chi connectivity index (χ3v) is 7.95. The van der Waals surface area contributed by atoms with Crippen LogP contribution >= 0.6 is 0 Å². The molecule has 8 heteroatoms. The highest BCUT2D eigenvalue weighted by Gasteiger charge is 2.35. The molecule has 0 radical (unpaired) electrons. The first-order valence-electron chi connectivity index (χ1n) is 10.1. The fraction of sp³-hybridized carbons (Fsp3) is 0.650. The van der Waals surface area contributed by atoms with Crippen molar-refractivity contribution in [2.45, 2.75) is 44.6 Å². The summed E-state index contributed by atoms with van der Waals surface area (Å²) in [7, 11) is -0.180. The first kappa shape index (κ1) is 21.1. The Kier molecular flexibility index (Phi) is 6.95. The average Bonchev–Trinajstić information content (AvgIpc) is 2.74. The van der Waals surface area contributed by atoms with Crippen LogP contribution in [0.3, 0.4) is 0 Å². The van der Waals surface area contributed by atoms with Crippen LogP contribution in [0, 0.1) is 0 Å². The minimum absolute atomic E-state index is 0.00202. The van der Waals surface area contributed by atoms with E-state index >= 15 is 0 Å². The molecule has 2 aliphatic rings. The largest absolute Gasteiger partial charge is 0.496 e. The van der Waals surface area contributed by atoms with E-state index in [1.165, 1.54) is 10.7 Å². The van der Waals surface area contributed by atoms with Gasteiger partial charge in [-0.3, -0.25) is 4.79 Å². The van der Waals surface area contributed by atoms with Crippen LogP contribution in [-0.2, 0) is 21.4 Å². The number of hydrogen-bond acceptors (Lipinski definition) is 4. The molecule has 28 heavy (non-hydrogen) atoms. The predicted molar refractivity (Wildman–Crippen MR) is 108 cm³/mol. The van der Waals surface area contributed by atoms with Crippen molar-refractivity contribution in [1.82, 2.24) is 13.5 Å². The standard InChI is InChI=1S/C20H31N3O4S/c1-21(18-9-4-3-5-10-18)28(25,26)23-14-12-22(13-15-23)20(24)16-17-8-6-7-11-19(17)27-2/h6-8,11,18H,3-5,9-10,12-16H2,1-2H3. The molecule has 1 aromatic carbocycles. The van der Waals surface area contributed by atoms with Crippen molar-refractivity contribution in [2.75, 3.05) is 40.3 Å². The summed E-state index contributed by atoms with van der Waals surface area (Å²) in [5.74, 6) is 0.702. The van der Waals surface area contributed by atoms with Gasteiger partial charge in [0.15, 0.2) is 0 Å². The Morgan fingerprint density at radius 2 is 1.75 bits per heavy atom. The summed E-state index contributed by atoms with van der Waals surface area (Å²) < 4.78 is 34.3. The third-order valence-electron chi connectivity index (χ3n) is 5.90. The normalized spacial score (nSPS) is 19.8. The Bertz CT molecular complexity index is 769. The summed E-state index contributed by atoms with van der Waals surface area (Å²) >= 11 is 0. The van der Waals surface area contributed by atoms with E-state index in [0.29, 0.717) is 31.9 Å². The number of amides is 1. The highest BCUT2D eigenvalue weighted by Crippen LogP contribution is 2.25. The van der Waals surface area contributed by atoms with Crippen molar-refractivity contribution in [3.63, 3.8) is 0 Å². The lowest BCUT2D eigenvalue weighted by Gasteiger charge is -2.38. The quantitative estimate of drug-likeness (QED) is 0.719. The highest BCUT2D eigenvalue weighted by molar-refractivity contribution is 7.86. The molecule has 1 aliphatic heterocycles. The zero-order valence-corrected chi connectivity index (χ0v) is 17.7. The van der Waals surface area contributed by atoms with Gasteiger partial charge in [-0.15, -0.1) is 0 Å². The lowest BCUT2D eigenvalue weighted by molar-refractivity contribution is -0.131. The van der Waals surface area contributed by atoms with Gasteiger partial charge in [-0.25, -0.2) is 0 Å². The van der Waals surface area contributed by atoms with Crippen molar-refractivity contribution in [1.29, 1.82) is 0 Å². The SMILES string of the molecule is COc1ccccc1CC(=O)N1CCN(S(=O)(=O)N(C)C2CCCCC2)CC1. The summed E-state index contributed by atoms with van der Waals surface area (Å²) in [6, 6.07) is 7.59. The molecule has 2 fully saturated rings. The number of rotatable bonds is 6. The first-order valence-corrected chi connectivity index (χ1v) is 11.5. The van der Waals surface area contributed by atoms with Gasteiger partial charge in [0.2, 0.25) is 5.91 Å². The molecule has 1 heterocycles. The van der Waals surface area contributed by atoms with Gasteiger partial charge in [-0.05, 0) is 18.9 Å². The van der Waals surface area contributed by atoms with Crippen molar-refractivity contribution >= 4 is 16.1 Å². The number of piperazine rings is 1. The molecule has 0 atom stereocenters. The summed E-state index contributed by atoms with van der Waals surface area (Å²) in [6.07, 6.45) is 5.52. The summed E-state index contributed by atoms with van der Waals surface area (Å²) in [5.41, 5.74) is 0.849. The number of carbonyl (C=O) groups is 1. The Morgan fingerprint density at radius 3 is 2.39 bits per heavy atom. The topological polar surface area (TPSA) is 70.2 Å². The Morgan fingerprint density at radius 1 is 1.11 bits per heavy atom. The zero-order valence-electron chi connectivity index (χ0n) is 16.8. The van der Waals surface area contributed by atoms with E-state index in [1.54, 1.807) is 23.4 Å². The third kappa shape index (κ3) is 4.67. The second kappa shape index (κ2) is 9.24. The maximum atomic E-state index is 13.0. The van der Waals surface area contributed by atoms with Crippen LogP contribution < -0.4 is 4.74 Å². The molecule has 1 aromatic rings. The van der Waals surface area contributed by atoms with E-state index in [4.69, 9.17) is 4.74 Å². The van der Waals surface area contributed by atoms with Crippen LogP contribution in [0.25, 0.3) is 0 Å². The van der Waals surface area contributed by atoms with Crippen LogP contribution in [0.1, 0.15) is 37.7 Å². The van der Waals surface area contributed by atoms with Gasteiger partial charge in [0.25, 0.3) is 10.2 Å². The lowest BCUT2D eigenvalue weighted by atomic mass is 9.96. The summed E-state index contributed by atoms with van der Waals surface area (Å²) in [5, 5.41) is 0. The molecular weight excluding hydrogens is 378 g/mol. The molecule has 7 nitrogen and oxygen atoms in total. The number of hydrogen-bond donors (Lipinski definition) is 0. The smallest absolute Gasteiger partial charge is 0.282 e. The molecule has 1 amide bonds. The van der Waals surface area contributed by atoms with Crippen LogP contribution in [0.2, 0.25) is 0 Å². The molecule has 0 aromatic heterocycles. The maximum absolute atomic E-state index is 13.0. The molecule has 1 saturated heterocycles. The van der Waals surface area contributed by atoms with Crippen LogP contribution in [-0.4, -0.2) is 74.2 Å². The second-order valence-electron chi connectivity index (χ2n) is 7.58. The second-order valence-corrected chi connectivity index (χ2v) is 9.57. The molecule has 1 aliphatic carbocycles. The molecule has 3 rings (SSSR count). The number of carbonyl (C=O) groups excluding carboxylic acids is 1. The molecule has 0 unspecified atom stereocenters. The minimum Gasteiger partial charge on any atom is -0.496 e. The van der Waals surface area contributed by atoms with E-state index in [2.05, 4.69) is 0 Å².